The van der Waals surface area contributed by atoms with Gasteiger partial charge in [-0.15, -0.1) is 0 Å². The van der Waals surface area contributed by atoms with Gasteiger partial charge < -0.3 is 26.0 Å². The number of nitrogens with two attached hydrogens (primary N) is 1. The van der Waals surface area contributed by atoms with Gasteiger partial charge in [0.25, 0.3) is 0 Å². The number of hydrogen-bond donors (Lipinski definition) is 4. The Morgan fingerprint density at radius 1 is 1.05 bits per heavy atom. The summed E-state index contributed by atoms with van der Waals surface area (Å²) in [5, 5.41) is 33.4. The van der Waals surface area contributed by atoms with Gasteiger partial charge in [0.05, 0.1) is 17.0 Å². The lowest BCUT2D eigenvalue weighted by Crippen LogP contribution is -2.68. The van der Waals surface area contributed by atoms with Crippen LogP contribution in [0.15, 0.2) is 6.07 Å². The van der Waals surface area contributed by atoms with E-state index in [4.69, 9.17) is 5.73 Å². The molecule has 2 unspecified atom stereocenters. The first-order valence-electron chi connectivity index (χ1n) is 13.3. The van der Waals surface area contributed by atoms with Crippen molar-refractivity contribution in [3.63, 3.8) is 0 Å². The first-order chi connectivity index (χ1) is 18.3. The van der Waals surface area contributed by atoms with E-state index in [2.05, 4.69) is 11.8 Å². The Labute approximate surface area is 225 Å². The second-order valence-electron chi connectivity index (χ2n) is 11.6. The van der Waals surface area contributed by atoms with Gasteiger partial charge in [-0.3, -0.25) is 24.0 Å². The maximum Gasteiger partial charge on any atom is 0.235 e. The van der Waals surface area contributed by atoms with Crippen LogP contribution in [0.3, 0.4) is 0 Å². The summed E-state index contributed by atoms with van der Waals surface area (Å²) < 4.78 is 0. The van der Waals surface area contributed by atoms with E-state index in [0.717, 1.165) is 19.3 Å². The van der Waals surface area contributed by atoms with E-state index in [1.807, 2.05) is 0 Å². The molecule has 4 aliphatic carbocycles. The van der Waals surface area contributed by atoms with Crippen molar-refractivity contribution in [1.29, 1.82) is 0 Å². The van der Waals surface area contributed by atoms with Gasteiger partial charge in [0.15, 0.2) is 34.7 Å². The second-order valence-corrected chi connectivity index (χ2v) is 11.6. The summed E-state index contributed by atoms with van der Waals surface area (Å²) in [7, 11) is 3.53. The van der Waals surface area contributed by atoms with Gasteiger partial charge in [-0.2, -0.15) is 0 Å². The predicted molar refractivity (Wildman–Crippen MR) is 138 cm³/mol. The number of hydrogen-bond acceptors (Lipinski definition) is 9. The van der Waals surface area contributed by atoms with Crippen LogP contribution in [0.4, 0.5) is 5.69 Å². The molecule has 1 amide bonds. The number of aromatic hydroxyl groups is 1. The summed E-state index contributed by atoms with van der Waals surface area (Å²) in [6.07, 6.45) is 3.52. The van der Waals surface area contributed by atoms with Gasteiger partial charge in [0, 0.05) is 32.1 Å². The number of rotatable bonds is 2. The number of anilines is 1. The van der Waals surface area contributed by atoms with E-state index in [9.17, 15) is 39.3 Å². The minimum Gasteiger partial charge on any atom is -0.506 e. The largest absolute Gasteiger partial charge is 0.506 e. The van der Waals surface area contributed by atoms with Crippen LogP contribution >= 0.6 is 0 Å². The molecule has 0 bridgehead atoms. The Hall–Kier alpha value is -3.55. The van der Waals surface area contributed by atoms with Crippen molar-refractivity contribution in [3.8, 4) is 17.6 Å². The maximum atomic E-state index is 13.9. The van der Waals surface area contributed by atoms with Crippen molar-refractivity contribution in [3.05, 3.63) is 22.8 Å². The summed E-state index contributed by atoms with van der Waals surface area (Å²) in [5.41, 5.74) is 2.47. The molecular formula is C29H32N2O8. The van der Waals surface area contributed by atoms with Gasteiger partial charge in [-0.25, -0.2) is 0 Å². The highest BCUT2D eigenvalue weighted by atomic mass is 16.3. The number of amides is 1. The zero-order chi connectivity index (χ0) is 28.4. The fourth-order valence-corrected chi connectivity index (χ4v) is 6.95. The van der Waals surface area contributed by atoms with Crippen molar-refractivity contribution in [2.24, 2.45) is 29.4 Å². The predicted octanol–water partition coefficient (Wildman–Crippen LogP) is 0.440. The number of fused-ring (bicyclic) bond motifs is 3. The first-order valence-corrected chi connectivity index (χ1v) is 13.3. The molecule has 5 rings (SSSR count). The molecule has 0 saturated heterocycles. The van der Waals surface area contributed by atoms with Crippen LogP contribution < -0.4 is 10.6 Å². The molecule has 0 spiro atoms. The highest BCUT2D eigenvalue weighted by molar-refractivity contribution is 6.31. The number of benzene rings is 1. The van der Waals surface area contributed by atoms with Crippen molar-refractivity contribution < 1.29 is 39.3 Å². The minimum atomic E-state index is -2.69. The van der Waals surface area contributed by atoms with Crippen LogP contribution in [0.1, 0.15) is 66.4 Å². The molecule has 10 nitrogen and oxygen atoms in total. The lowest BCUT2D eigenvalue weighted by atomic mass is 9.53. The normalized spacial score (nSPS) is 31.4. The molecule has 10 heteroatoms. The summed E-state index contributed by atoms with van der Waals surface area (Å²) in [5.74, 6) is -4.89. The van der Waals surface area contributed by atoms with E-state index in [1.54, 1.807) is 25.1 Å². The van der Waals surface area contributed by atoms with Crippen LogP contribution in [0.2, 0.25) is 0 Å². The van der Waals surface area contributed by atoms with Gasteiger partial charge in [-0.1, -0.05) is 18.3 Å². The monoisotopic (exact) mass is 536 g/mol. The number of Topliss-reactive ketones (excluding diaryl/α,β-unsaturated/α-hetero) is 4. The molecule has 39 heavy (non-hydrogen) atoms. The zero-order valence-electron chi connectivity index (χ0n) is 22.0. The van der Waals surface area contributed by atoms with E-state index in [-0.39, 0.29) is 30.4 Å². The smallest absolute Gasteiger partial charge is 0.235 e. The number of carbonyl (C=O) groups is 5. The van der Waals surface area contributed by atoms with Gasteiger partial charge in [0.1, 0.15) is 11.4 Å². The second kappa shape index (κ2) is 9.28. The topological polar surface area (TPSA) is 175 Å². The number of ketones is 4. The number of phenolic OH excluding ortho intramolecular Hbond substituents is 1. The summed E-state index contributed by atoms with van der Waals surface area (Å²) >= 11 is 0. The van der Waals surface area contributed by atoms with Crippen LogP contribution in [-0.4, -0.2) is 69.7 Å². The molecular weight excluding hydrogens is 504 g/mol. The van der Waals surface area contributed by atoms with E-state index in [1.165, 1.54) is 0 Å². The molecule has 3 fully saturated rings. The lowest BCUT2D eigenvalue weighted by Gasteiger charge is -2.48. The van der Waals surface area contributed by atoms with Crippen molar-refractivity contribution in [2.45, 2.75) is 62.6 Å². The SMILES string of the molecule is CN(C)c1cc(C#CC2(O)CCCCC2)c(O)c2c1C[C@H]1C[C@H]3CC(=O)C(C(N)=O)C(=O)[C@@]3(O)C(=O)C1C2=O. The molecule has 4 aliphatic rings. The van der Waals surface area contributed by atoms with Crippen LogP contribution in [0.5, 0.6) is 5.75 Å². The molecule has 0 radical (unpaired) electrons. The lowest BCUT2D eigenvalue weighted by molar-refractivity contribution is -0.175. The standard InChI is InChI=1S/C29H32N2O8/c1-31(2)18-12-14(6-9-28(38)7-4-3-5-8-28)23(33)21-17(18)11-15-10-16-13-19(32)22(27(30)37)26(36)29(16,39)25(35)20(15)24(21)34/h12,15-16,20,22,33,38-39H,3-5,7-8,10-11,13H2,1-2H3,(H2,30,37)/t15-,16+,20?,22?,29+/m1/s1. The third-order valence-electron chi connectivity index (χ3n) is 8.97. The number of phenols is 1. The van der Waals surface area contributed by atoms with Crippen molar-refractivity contribution in [1.82, 2.24) is 0 Å². The Morgan fingerprint density at radius 2 is 1.72 bits per heavy atom. The zero-order valence-corrected chi connectivity index (χ0v) is 22.0. The fraction of sp³-hybridized carbons (Fsp3) is 0.552. The maximum absolute atomic E-state index is 13.9. The molecule has 0 heterocycles. The average Bonchev–Trinajstić information content (AvgIpc) is 2.85. The van der Waals surface area contributed by atoms with E-state index in [0.29, 0.717) is 24.1 Å². The highest BCUT2D eigenvalue weighted by Crippen LogP contribution is 2.51. The van der Waals surface area contributed by atoms with E-state index >= 15 is 0 Å². The Kier molecular flexibility index (Phi) is 6.43. The molecule has 0 aliphatic heterocycles. The highest BCUT2D eigenvalue weighted by Gasteiger charge is 2.66. The molecule has 206 valence electrons. The number of carbonyl (C=O) groups excluding carboxylic acids is 5. The Balaban J connectivity index is 1.60. The number of aliphatic hydroxyl groups is 2. The molecule has 5 atom stereocenters. The molecule has 0 aromatic heterocycles. The van der Waals surface area contributed by atoms with Crippen LogP contribution in [0, 0.1) is 35.5 Å². The fourth-order valence-electron chi connectivity index (χ4n) is 6.95. The van der Waals surface area contributed by atoms with Gasteiger partial charge in [-0.05, 0) is 56.1 Å². The first kappa shape index (κ1) is 27.0. The quantitative estimate of drug-likeness (QED) is 0.309. The summed E-state index contributed by atoms with van der Waals surface area (Å²) in [4.78, 5) is 66.8. The van der Waals surface area contributed by atoms with E-state index < -0.39 is 69.7 Å². The Bertz CT molecular complexity index is 1380. The third kappa shape index (κ3) is 4.07. The summed E-state index contributed by atoms with van der Waals surface area (Å²) in [6.45, 7) is 0. The van der Waals surface area contributed by atoms with Gasteiger partial charge >= 0.3 is 0 Å². The third-order valence-corrected chi connectivity index (χ3v) is 8.97. The van der Waals surface area contributed by atoms with Crippen molar-refractivity contribution >= 4 is 34.7 Å². The average molecular weight is 537 g/mol. The molecule has 1 aromatic rings. The minimum absolute atomic E-state index is 0.0310. The van der Waals surface area contributed by atoms with Crippen molar-refractivity contribution in [2.75, 3.05) is 19.0 Å². The van der Waals surface area contributed by atoms with Crippen LogP contribution in [-0.2, 0) is 25.6 Å². The number of primary amides is 1. The molecule has 3 saturated carbocycles. The summed E-state index contributed by atoms with van der Waals surface area (Å²) in [6, 6.07) is 1.65. The number of nitrogens with zero attached hydrogens (tertiary/aromatic N) is 1. The van der Waals surface area contributed by atoms with Gasteiger partial charge in [0.2, 0.25) is 5.91 Å². The van der Waals surface area contributed by atoms with Crippen LogP contribution in [0.25, 0.3) is 0 Å². The molecule has 5 N–H and O–H groups in total. The molecule has 1 aromatic carbocycles. The Morgan fingerprint density at radius 3 is 2.33 bits per heavy atom.